The molecule has 0 saturated carbocycles. The zero-order valence-corrected chi connectivity index (χ0v) is 34.4. The molecule has 0 spiro atoms. The van der Waals surface area contributed by atoms with Gasteiger partial charge in [0, 0.05) is 0 Å². The van der Waals surface area contributed by atoms with Gasteiger partial charge in [-0.25, -0.2) is 8.42 Å². The Kier molecular flexibility index (Phi) is 15.7. The number of benzene rings is 4. The van der Waals surface area contributed by atoms with E-state index in [9.17, 15) is 8.42 Å². The summed E-state index contributed by atoms with van der Waals surface area (Å²) in [5.74, 6) is -0.0364. The highest BCUT2D eigenvalue weighted by atomic mass is 32.2. The zero-order valence-electron chi connectivity index (χ0n) is 33.6. The van der Waals surface area contributed by atoms with Crippen molar-refractivity contribution in [2.24, 2.45) is 11.8 Å². The molecule has 0 N–H and O–H groups in total. The lowest BCUT2D eigenvalue weighted by Crippen LogP contribution is -2.65. The van der Waals surface area contributed by atoms with E-state index in [1.807, 2.05) is 121 Å². The maximum absolute atomic E-state index is 14.4. The van der Waals surface area contributed by atoms with E-state index in [0.29, 0.717) is 12.2 Å². The van der Waals surface area contributed by atoms with Crippen LogP contribution in [-0.4, -0.2) is 69.1 Å². The molecule has 57 heavy (non-hydrogen) atoms. The Morgan fingerprint density at radius 2 is 1.05 bits per heavy atom. The fraction of sp³-hybridized carbons (Fsp3) is 0.447. The summed E-state index contributed by atoms with van der Waals surface area (Å²) in [6.45, 7) is 13.1. The minimum absolute atomic E-state index is 0.0146. The monoisotopic (exact) mass is 798 g/mol. The van der Waals surface area contributed by atoms with Crippen LogP contribution in [0.25, 0.3) is 0 Å². The van der Waals surface area contributed by atoms with Gasteiger partial charge >= 0.3 is 0 Å². The molecule has 10 unspecified atom stereocenters. The van der Waals surface area contributed by atoms with Crippen LogP contribution in [0.4, 0.5) is 0 Å². The maximum atomic E-state index is 14.4. The third kappa shape index (κ3) is 11.7. The van der Waals surface area contributed by atoms with E-state index in [-0.39, 0.29) is 50.1 Å². The SMILES string of the molecule is C=C(C)CS(=O)(=O)C1OC(COCc2ccccc2)C(OC2OC(CC)C(C)C(C)C2OCc2ccccc2)C(OCc2ccccc2)C1OCc1ccccc1. The lowest BCUT2D eigenvalue weighted by Gasteiger charge is -2.49. The largest absolute Gasteiger partial charge is 0.374 e. The molecule has 2 aliphatic heterocycles. The van der Waals surface area contributed by atoms with Crippen LogP contribution in [0.2, 0.25) is 0 Å². The molecule has 2 fully saturated rings. The molecule has 0 radical (unpaired) electrons. The molecule has 10 atom stereocenters. The predicted octanol–water partition coefficient (Wildman–Crippen LogP) is 8.47. The first-order chi connectivity index (χ1) is 27.6. The van der Waals surface area contributed by atoms with E-state index in [1.54, 1.807) is 6.92 Å². The van der Waals surface area contributed by atoms with Crippen molar-refractivity contribution in [1.82, 2.24) is 0 Å². The Hall–Kier alpha value is -3.71. The molecule has 0 amide bonds. The zero-order chi connectivity index (χ0) is 40.2. The van der Waals surface area contributed by atoms with Crippen LogP contribution in [0.5, 0.6) is 0 Å². The highest BCUT2D eigenvalue weighted by Crippen LogP contribution is 2.39. The van der Waals surface area contributed by atoms with Gasteiger partial charge < -0.3 is 33.2 Å². The molecule has 6 rings (SSSR count). The van der Waals surface area contributed by atoms with Gasteiger partial charge in [0.05, 0.1) is 44.9 Å². The van der Waals surface area contributed by atoms with E-state index in [1.165, 1.54) is 0 Å². The Morgan fingerprint density at radius 3 is 1.53 bits per heavy atom. The number of hydrogen-bond donors (Lipinski definition) is 0. The molecule has 0 aromatic heterocycles. The highest BCUT2D eigenvalue weighted by Gasteiger charge is 2.55. The topological polar surface area (TPSA) is 98.8 Å². The summed E-state index contributed by atoms with van der Waals surface area (Å²) in [4.78, 5) is 0. The van der Waals surface area contributed by atoms with Crippen molar-refractivity contribution in [3.8, 4) is 0 Å². The normalized spacial score (nSPS) is 27.9. The fourth-order valence-corrected chi connectivity index (χ4v) is 9.45. The molecule has 4 aromatic carbocycles. The second-order valence-corrected chi connectivity index (χ2v) is 17.4. The van der Waals surface area contributed by atoms with Crippen molar-refractivity contribution in [2.75, 3.05) is 12.4 Å². The van der Waals surface area contributed by atoms with Gasteiger partial charge in [-0.3, -0.25) is 0 Å². The van der Waals surface area contributed by atoms with Crippen LogP contribution < -0.4 is 0 Å². The fourth-order valence-electron chi connectivity index (χ4n) is 7.65. The Morgan fingerprint density at radius 1 is 0.596 bits per heavy atom. The second-order valence-electron chi connectivity index (χ2n) is 15.4. The molecule has 4 aromatic rings. The number of ether oxygens (including phenoxy) is 7. The Bertz CT molecular complexity index is 1890. The second kappa shape index (κ2) is 20.8. The average Bonchev–Trinajstić information content (AvgIpc) is 3.22. The van der Waals surface area contributed by atoms with Gasteiger partial charge in [-0.1, -0.05) is 154 Å². The van der Waals surface area contributed by atoms with Gasteiger partial charge in [-0.2, -0.15) is 0 Å². The van der Waals surface area contributed by atoms with Crippen LogP contribution in [0.1, 0.15) is 56.4 Å². The standard InChI is InChI=1S/C47H58O9S/c1-6-40-34(4)35(5)42(51-28-37-21-13-8-14-22-37)46(54-40)56-43-41(31-50-27-36-19-11-7-12-20-36)55-47(57(48,49)32-33(2)3)45(53-30-39-25-17-10-18-26-39)44(43)52-29-38-23-15-9-16-24-38/h7-26,34-35,40-47H,2,6,27-32H2,1,3-5H3. The molecule has 2 heterocycles. The van der Waals surface area contributed by atoms with Crippen LogP contribution >= 0.6 is 0 Å². The van der Waals surface area contributed by atoms with Gasteiger partial charge in [-0.05, 0) is 47.4 Å². The molecular formula is C47H58O9S. The molecule has 2 saturated heterocycles. The van der Waals surface area contributed by atoms with Gasteiger partial charge in [0.2, 0.25) is 0 Å². The van der Waals surface area contributed by atoms with E-state index in [0.717, 1.165) is 28.7 Å². The molecule has 0 aliphatic carbocycles. The van der Waals surface area contributed by atoms with E-state index in [2.05, 4.69) is 27.4 Å². The van der Waals surface area contributed by atoms with Gasteiger partial charge in [0.15, 0.2) is 21.6 Å². The van der Waals surface area contributed by atoms with Gasteiger partial charge in [-0.15, -0.1) is 0 Å². The average molecular weight is 799 g/mol. The third-order valence-corrected chi connectivity index (χ3v) is 12.8. The van der Waals surface area contributed by atoms with Crippen molar-refractivity contribution < 1.29 is 41.6 Å². The summed E-state index contributed by atoms with van der Waals surface area (Å²) in [5.41, 5.74) is 2.86. The lowest BCUT2D eigenvalue weighted by atomic mass is 9.82. The van der Waals surface area contributed by atoms with Gasteiger partial charge in [0.25, 0.3) is 0 Å². The summed E-state index contributed by atoms with van der Waals surface area (Å²) in [6.07, 6.45) is -4.45. The van der Waals surface area contributed by atoms with Crippen LogP contribution in [-0.2, 0) is 69.4 Å². The first kappa shape index (κ1) is 42.9. The summed E-state index contributed by atoms with van der Waals surface area (Å²) < 4.78 is 75.9. The molecule has 10 heteroatoms. The Balaban J connectivity index is 1.40. The summed E-state index contributed by atoms with van der Waals surface area (Å²) in [7, 11) is -3.99. The van der Waals surface area contributed by atoms with Crippen LogP contribution in [0, 0.1) is 11.8 Å². The maximum Gasteiger partial charge on any atom is 0.188 e. The van der Waals surface area contributed by atoms with Crippen molar-refractivity contribution in [2.45, 2.75) is 109 Å². The first-order valence-electron chi connectivity index (χ1n) is 20.0. The van der Waals surface area contributed by atoms with E-state index < -0.39 is 52.1 Å². The summed E-state index contributed by atoms with van der Waals surface area (Å²) in [6, 6.07) is 39.2. The number of hydrogen-bond acceptors (Lipinski definition) is 9. The van der Waals surface area contributed by atoms with Gasteiger partial charge in [0.1, 0.15) is 30.5 Å². The summed E-state index contributed by atoms with van der Waals surface area (Å²) >= 11 is 0. The molecule has 306 valence electrons. The number of sulfone groups is 1. The quantitative estimate of drug-likeness (QED) is 0.0866. The van der Waals surface area contributed by atoms with Crippen molar-refractivity contribution >= 4 is 9.84 Å². The van der Waals surface area contributed by atoms with Crippen LogP contribution in [0.3, 0.4) is 0 Å². The Labute approximate surface area is 339 Å². The van der Waals surface area contributed by atoms with Crippen LogP contribution in [0.15, 0.2) is 133 Å². The minimum Gasteiger partial charge on any atom is -0.374 e. The molecule has 9 nitrogen and oxygen atoms in total. The van der Waals surface area contributed by atoms with Crippen molar-refractivity contribution in [3.05, 3.63) is 156 Å². The third-order valence-electron chi connectivity index (χ3n) is 10.8. The van der Waals surface area contributed by atoms with E-state index >= 15 is 0 Å². The van der Waals surface area contributed by atoms with Crippen molar-refractivity contribution in [1.29, 1.82) is 0 Å². The van der Waals surface area contributed by atoms with Crippen molar-refractivity contribution in [3.63, 3.8) is 0 Å². The molecule has 0 bridgehead atoms. The molecule has 2 aliphatic rings. The predicted molar refractivity (Wildman–Crippen MR) is 221 cm³/mol. The lowest BCUT2D eigenvalue weighted by molar-refractivity contribution is -0.337. The van der Waals surface area contributed by atoms with E-state index in [4.69, 9.17) is 33.2 Å². The highest BCUT2D eigenvalue weighted by molar-refractivity contribution is 7.92. The summed E-state index contributed by atoms with van der Waals surface area (Å²) in [5, 5.41) is 0. The first-order valence-corrected chi connectivity index (χ1v) is 21.7. The number of rotatable bonds is 19. The smallest absolute Gasteiger partial charge is 0.188 e. The minimum atomic E-state index is -3.99. The molecular weight excluding hydrogens is 741 g/mol.